The smallest absolute Gasteiger partial charge is 0.326 e. The second-order valence-electron chi connectivity index (χ2n) is 8.09. The molecule has 9 nitrogen and oxygen atoms in total. The van der Waals surface area contributed by atoms with Crippen LogP contribution in [-0.2, 0) is 19.1 Å². The van der Waals surface area contributed by atoms with Crippen LogP contribution in [0.1, 0.15) is 31.4 Å². The largest absolute Gasteiger partial charge is 0.493 e. The van der Waals surface area contributed by atoms with Gasteiger partial charge in [-0.3, -0.25) is 24.1 Å². The molecular formula is C26H28N2O7S. The van der Waals surface area contributed by atoms with Gasteiger partial charge in [-0.25, -0.2) is 0 Å². The van der Waals surface area contributed by atoms with Crippen molar-refractivity contribution in [3.05, 3.63) is 58.5 Å². The van der Waals surface area contributed by atoms with Gasteiger partial charge in [-0.05, 0) is 73.5 Å². The minimum Gasteiger partial charge on any atom is -0.493 e. The van der Waals surface area contributed by atoms with Crippen molar-refractivity contribution >= 4 is 46.5 Å². The second-order valence-corrected chi connectivity index (χ2v) is 9.09. The summed E-state index contributed by atoms with van der Waals surface area (Å²) in [6.07, 6.45) is 1.86. The number of carbonyl (C=O) groups is 4. The fourth-order valence-corrected chi connectivity index (χ4v) is 4.06. The molecule has 3 rings (SSSR count). The first kappa shape index (κ1) is 26.8. The molecule has 10 heteroatoms. The van der Waals surface area contributed by atoms with Crippen LogP contribution in [0.2, 0.25) is 0 Å². The fraction of sp³-hybridized carbons (Fsp3) is 0.308. The molecule has 0 aromatic heterocycles. The van der Waals surface area contributed by atoms with Crippen molar-refractivity contribution in [2.75, 3.05) is 25.6 Å². The maximum absolute atomic E-state index is 12.7. The molecule has 3 amide bonds. The van der Waals surface area contributed by atoms with E-state index in [1.807, 2.05) is 32.0 Å². The summed E-state index contributed by atoms with van der Waals surface area (Å²) in [7, 11) is 1.45. The molecular weight excluding hydrogens is 484 g/mol. The monoisotopic (exact) mass is 512 g/mol. The summed E-state index contributed by atoms with van der Waals surface area (Å²) in [5.74, 6) is -0.841. The van der Waals surface area contributed by atoms with Gasteiger partial charge in [0.2, 0.25) is 0 Å². The number of esters is 1. The molecule has 1 saturated heterocycles. The number of carbonyl (C=O) groups excluding carboxylic acids is 4. The molecule has 1 heterocycles. The molecule has 0 aliphatic carbocycles. The topological polar surface area (TPSA) is 111 Å². The predicted molar refractivity (Wildman–Crippen MR) is 137 cm³/mol. The molecule has 1 N–H and O–H groups in total. The van der Waals surface area contributed by atoms with Crippen molar-refractivity contribution in [3.63, 3.8) is 0 Å². The highest BCUT2D eigenvalue weighted by Crippen LogP contribution is 2.34. The van der Waals surface area contributed by atoms with Gasteiger partial charge in [-0.2, -0.15) is 0 Å². The summed E-state index contributed by atoms with van der Waals surface area (Å²) in [5, 5.41) is 2.22. The zero-order valence-electron chi connectivity index (χ0n) is 20.5. The third kappa shape index (κ3) is 7.11. The summed E-state index contributed by atoms with van der Waals surface area (Å²) in [6, 6.07) is 12.3. The third-order valence-electron chi connectivity index (χ3n) is 5.21. The van der Waals surface area contributed by atoms with Crippen LogP contribution in [0.25, 0.3) is 6.08 Å². The predicted octanol–water partition coefficient (Wildman–Crippen LogP) is 4.40. The normalized spacial score (nSPS) is 15.1. The minimum atomic E-state index is -0.637. The van der Waals surface area contributed by atoms with Crippen molar-refractivity contribution in [1.29, 1.82) is 0 Å². The molecule has 0 unspecified atom stereocenters. The first-order valence-corrected chi connectivity index (χ1v) is 12.1. The molecule has 0 spiro atoms. The van der Waals surface area contributed by atoms with E-state index < -0.39 is 23.7 Å². The van der Waals surface area contributed by atoms with Crippen molar-refractivity contribution < 1.29 is 33.4 Å². The Balaban J connectivity index is 1.64. The summed E-state index contributed by atoms with van der Waals surface area (Å²) in [5.41, 5.74) is 2.28. The van der Waals surface area contributed by atoms with Crippen LogP contribution in [0.15, 0.2) is 47.4 Å². The lowest BCUT2D eigenvalue weighted by Crippen LogP contribution is -2.35. The summed E-state index contributed by atoms with van der Waals surface area (Å²) >= 11 is 0.743. The number of hydrogen-bond acceptors (Lipinski definition) is 8. The highest BCUT2D eigenvalue weighted by molar-refractivity contribution is 8.18. The van der Waals surface area contributed by atoms with E-state index in [9.17, 15) is 19.2 Å². The number of amides is 3. The average Bonchev–Trinajstić information content (AvgIpc) is 3.10. The van der Waals surface area contributed by atoms with Crippen molar-refractivity contribution in [3.8, 4) is 11.5 Å². The number of aryl methyl sites for hydroxylation is 1. The molecule has 2 aromatic carbocycles. The highest BCUT2D eigenvalue weighted by Gasteiger charge is 2.36. The van der Waals surface area contributed by atoms with Crippen LogP contribution in [-0.4, -0.2) is 54.3 Å². The van der Waals surface area contributed by atoms with Gasteiger partial charge in [0.1, 0.15) is 6.54 Å². The zero-order valence-corrected chi connectivity index (χ0v) is 21.3. The Morgan fingerprint density at radius 3 is 2.61 bits per heavy atom. The van der Waals surface area contributed by atoms with Crippen molar-refractivity contribution in [2.45, 2.75) is 33.3 Å². The molecule has 36 heavy (non-hydrogen) atoms. The van der Waals surface area contributed by atoms with Crippen LogP contribution < -0.4 is 14.8 Å². The number of thioether (sulfide) groups is 1. The Hall–Kier alpha value is -3.79. The Morgan fingerprint density at radius 1 is 1.14 bits per heavy atom. The van der Waals surface area contributed by atoms with E-state index in [-0.39, 0.29) is 23.5 Å². The molecule has 0 radical (unpaired) electrons. The first-order valence-electron chi connectivity index (χ1n) is 11.3. The number of anilines is 1. The van der Waals surface area contributed by atoms with Gasteiger partial charge in [0, 0.05) is 5.69 Å². The number of imide groups is 1. The van der Waals surface area contributed by atoms with Gasteiger partial charge in [0.05, 0.1) is 18.1 Å². The van der Waals surface area contributed by atoms with Crippen LogP contribution in [0.4, 0.5) is 10.5 Å². The SMILES string of the molecule is CC[C@@H](C)OC(=O)CN1C(=O)S/C(=C/c2ccc(OCC(=O)Nc3cccc(C)c3)c(OC)c2)C1=O. The molecule has 1 aliphatic heterocycles. The van der Waals surface area contributed by atoms with Gasteiger partial charge < -0.3 is 19.5 Å². The maximum atomic E-state index is 12.7. The number of nitrogens with one attached hydrogen (secondary N) is 1. The van der Waals surface area contributed by atoms with Crippen molar-refractivity contribution in [1.82, 2.24) is 4.90 Å². The molecule has 1 atom stereocenters. The summed E-state index contributed by atoms with van der Waals surface area (Å²) < 4.78 is 16.1. The molecule has 0 bridgehead atoms. The van der Waals surface area contributed by atoms with Gasteiger partial charge in [0.25, 0.3) is 17.1 Å². The van der Waals surface area contributed by atoms with Gasteiger partial charge >= 0.3 is 5.97 Å². The second kappa shape index (κ2) is 12.3. The Morgan fingerprint density at radius 2 is 1.92 bits per heavy atom. The summed E-state index contributed by atoms with van der Waals surface area (Å²) in [6.45, 7) is 4.87. The number of ether oxygens (including phenoxy) is 3. The van der Waals surface area contributed by atoms with Crippen LogP contribution in [0, 0.1) is 6.92 Å². The number of rotatable bonds is 10. The van der Waals surface area contributed by atoms with Crippen molar-refractivity contribution in [2.24, 2.45) is 0 Å². The Labute approximate surface area is 213 Å². The fourth-order valence-electron chi connectivity index (χ4n) is 3.22. The number of hydrogen-bond donors (Lipinski definition) is 1. The molecule has 1 fully saturated rings. The summed E-state index contributed by atoms with van der Waals surface area (Å²) in [4.78, 5) is 50.3. The Kier molecular flexibility index (Phi) is 9.13. The van der Waals surface area contributed by atoms with Gasteiger partial charge in [-0.1, -0.05) is 25.1 Å². The van der Waals surface area contributed by atoms with Gasteiger partial charge in [-0.15, -0.1) is 0 Å². The van der Waals surface area contributed by atoms with E-state index in [0.29, 0.717) is 29.2 Å². The number of benzene rings is 2. The number of nitrogens with zero attached hydrogens (tertiary/aromatic N) is 1. The zero-order chi connectivity index (χ0) is 26.2. The Bertz CT molecular complexity index is 1190. The molecule has 1 aliphatic rings. The lowest BCUT2D eigenvalue weighted by Gasteiger charge is -2.14. The van der Waals surface area contributed by atoms with Gasteiger partial charge in [0.15, 0.2) is 18.1 Å². The van der Waals surface area contributed by atoms with E-state index in [1.54, 1.807) is 31.2 Å². The lowest BCUT2D eigenvalue weighted by molar-refractivity contribution is -0.150. The highest BCUT2D eigenvalue weighted by atomic mass is 32.2. The minimum absolute atomic E-state index is 0.171. The van der Waals surface area contributed by atoms with Crippen LogP contribution in [0.3, 0.4) is 0 Å². The quantitative estimate of drug-likeness (QED) is 0.368. The van der Waals surface area contributed by atoms with Crippen LogP contribution >= 0.6 is 11.8 Å². The maximum Gasteiger partial charge on any atom is 0.326 e. The van der Waals surface area contributed by atoms with E-state index in [4.69, 9.17) is 14.2 Å². The molecule has 2 aromatic rings. The third-order valence-corrected chi connectivity index (χ3v) is 6.12. The van der Waals surface area contributed by atoms with E-state index in [0.717, 1.165) is 22.2 Å². The van der Waals surface area contributed by atoms with E-state index >= 15 is 0 Å². The molecule has 0 saturated carbocycles. The molecule has 190 valence electrons. The first-order chi connectivity index (χ1) is 17.2. The van der Waals surface area contributed by atoms with Crippen LogP contribution in [0.5, 0.6) is 11.5 Å². The lowest BCUT2D eigenvalue weighted by atomic mass is 10.2. The number of methoxy groups -OCH3 is 1. The standard InChI is InChI=1S/C26H28N2O7S/c1-5-17(3)35-24(30)14-28-25(31)22(36-26(28)32)13-18-9-10-20(21(12-18)33-4)34-15-23(29)27-19-8-6-7-16(2)11-19/h6-13,17H,5,14-15H2,1-4H3,(H,27,29)/b22-13+/t17-/m1/s1. The average molecular weight is 513 g/mol. The van der Waals surface area contributed by atoms with E-state index in [2.05, 4.69) is 5.32 Å². The van der Waals surface area contributed by atoms with E-state index in [1.165, 1.54) is 13.2 Å².